The van der Waals surface area contributed by atoms with Crippen LogP contribution >= 0.6 is 0 Å². The van der Waals surface area contributed by atoms with Gasteiger partial charge in [0.2, 0.25) is 0 Å². The van der Waals surface area contributed by atoms with Gasteiger partial charge in [0.25, 0.3) is 0 Å². The zero-order chi connectivity index (χ0) is 13.4. The quantitative estimate of drug-likeness (QED) is 0.894. The summed E-state index contributed by atoms with van der Waals surface area (Å²) in [6.45, 7) is 3.98. The lowest BCUT2D eigenvalue weighted by Gasteiger charge is -2.26. The molecule has 1 aromatic heterocycles. The first-order chi connectivity index (χ1) is 9.18. The van der Waals surface area contributed by atoms with Crippen LogP contribution < -0.4 is 4.90 Å². The summed E-state index contributed by atoms with van der Waals surface area (Å²) < 4.78 is 0. The van der Waals surface area contributed by atoms with Gasteiger partial charge in [-0.05, 0) is 38.0 Å². The van der Waals surface area contributed by atoms with Crippen LogP contribution in [0.4, 0.5) is 11.5 Å². The Morgan fingerprint density at radius 2 is 2.05 bits per heavy atom. The lowest BCUT2D eigenvalue weighted by atomic mass is 10.1. The summed E-state index contributed by atoms with van der Waals surface area (Å²) in [5, 5.41) is 9.93. The van der Waals surface area contributed by atoms with E-state index in [2.05, 4.69) is 41.1 Å². The smallest absolute Gasteiger partial charge is 0.139 e. The minimum Gasteiger partial charge on any atom is -0.389 e. The molecule has 2 atom stereocenters. The molecule has 0 bridgehead atoms. The number of aliphatic hydroxyl groups excluding tert-OH is 1. The van der Waals surface area contributed by atoms with Crippen LogP contribution in [0.15, 0.2) is 42.6 Å². The van der Waals surface area contributed by atoms with Crippen LogP contribution in [0.5, 0.6) is 0 Å². The van der Waals surface area contributed by atoms with Gasteiger partial charge in [0.15, 0.2) is 0 Å². The number of nitrogens with zero attached hydrogens (tertiary/aromatic N) is 2. The van der Waals surface area contributed by atoms with Crippen molar-refractivity contribution >= 4 is 11.5 Å². The number of benzene rings is 1. The molecular formula is C16H18N2O. The van der Waals surface area contributed by atoms with Gasteiger partial charge in [-0.15, -0.1) is 0 Å². The van der Waals surface area contributed by atoms with Gasteiger partial charge >= 0.3 is 0 Å². The number of anilines is 2. The van der Waals surface area contributed by atoms with Crippen LogP contribution in [0, 0.1) is 0 Å². The molecule has 1 aliphatic heterocycles. The van der Waals surface area contributed by atoms with E-state index in [1.54, 1.807) is 13.1 Å². The Hall–Kier alpha value is -1.87. The second kappa shape index (κ2) is 4.67. The van der Waals surface area contributed by atoms with Gasteiger partial charge in [0, 0.05) is 23.5 Å². The van der Waals surface area contributed by atoms with E-state index in [-0.39, 0.29) is 0 Å². The average Bonchev–Trinajstić information content (AvgIpc) is 2.74. The normalized spacial score (nSPS) is 19.3. The van der Waals surface area contributed by atoms with Gasteiger partial charge in [-0.25, -0.2) is 4.98 Å². The third kappa shape index (κ3) is 2.00. The molecular weight excluding hydrogens is 236 g/mol. The fourth-order valence-electron chi connectivity index (χ4n) is 2.83. The first-order valence-corrected chi connectivity index (χ1v) is 6.68. The van der Waals surface area contributed by atoms with Crippen molar-refractivity contribution in [2.24, 2.45) is 0 Å². The van der Waals surface area contributed by atoms with Gasteiger partial charge in [-0.2, -0.15) is 0 Å². The van der Waals surface area contributed by atoms with Crippen molar-refractivity contribution in [1.82, 2.24) is 4.98 Å². The van der Waals surface area contributed by atoms with Crippen LogP contribution in [0.2, 0.25) is 0 Å². The first-order valence-electron chi connectivity index (χ1n) is 6.68. The van der Waals surface area contributed by atoms with Gasteiger partial charge in [-0.3, -0.25) is 0 Å². The van der Waals surface area contributed by atoms with Crippen LogP contribution in [-0.4, -0.2) is 16.1 Å². The predicted molar refractivity (Wildman–Crippen MR) is 76.6 cm³/mol. The molecule has 1 unspecified atom stereocenters. The minimum atomic E-state index is -0.510. The fourth-order valence-corrected chi connectivity index (χ4v) is 2.83. The van der Waals surface area contributed by atoms with E-state index >= 15 is 0 Å². The number of hydrogen-bond acceptors (Lipinski definition) is 3. The Morgan fingerprint density at radius 1 is 1.26 bits per heavy atom. The number of aromatic nitrogens is 1. The van der Waals surface area contributed by atoms with E-state index in [0.717, 1.165) is 17.8 Å². The highest BCUT2D eigenvalue weighted by molar-refractivity contribution is 5.70. The summed E-state index contributed by atoms with van der Waals surface area (Å²) in [4.78, 5) is 6.73. The molecule has 1 aliphatic rings. The van der Waals surface area contributed by atoms with Crippen molar-refractivity contribution in [2.45, 2.75) is 32.4 Å². The topological polar surface area (TPSA) is 36.4 Å². The van der Waals surface area contributed by atoms with Crippen molar-refractivity contribution in [3.05, 3.63) is 53.7 Å². The molecule has 3 heteroatoms. The lowest BCUT2D eigenvalue weighted by molar-refractivity contribution is 0.199. The van der Waals surface area contributed by atoms with Gasteiger partial charge < -0.3 is 10.0 Å². The molecule has 0 amide bonds. The average molecular weight is 254 g/mol. The van der Waals surface area contributed by atoms with Gasteiger partial charge in [-0.1, -0.05) is 24.3 Å². The second-order valence-corrected chi connectivity index (χ2v) is 5.14. The number of pyridine rings is 1. The van der Waals surface area contributed by atoms with E-state index in [1.165, 1.54) is 11.3 Å². The molecule has 2 aromatic rings. The van der Waals surface area contributed by atoms with E-state index in [4.69, 9.17) is 0 Å². The van der Waals surface area contributed by atoms with Crippen LogP contribution in [-0.2, 0) is 6.42 Å². The van der Waals surface area contributed by atoms with Crippen molar-refractivity contribution in [2.75, 3.05) is 4.90 Å². The molecule has 0 aliphatic carbocycles. The Morgan fingerprint density at radius 3 is 2.84 bits per heavy atom. The number of hydrogen-bond donors (Lipinski definition) is 1. The maximum atomic E-state index is 9.93. The van der Waals surface area contributed by atoms with Crippen LogP contribution in [0.25, 0.3) is 0 Å². The SMILES string of the molecule is CC1Cc2ccccc2N1c1ncccc1[C@@H](C)O. The molecule has 3 rings (SSSR count). The largest absolute Gasteiger partial charge is 0.389 e. The Labute approximate surface area is 113 Å². The lowest BCUT2D eigenvalue weighted by Crippen LogP contribution is -2.26. The van der Waals surface area contributed by atoms with Crippen molar-refractivity contribution < 1.29 is 5.11 Å². The molecule has 0 radical (unpaired) electrons. The molecule has 0 saturated heterocycles. The zero-order valence-corrected chi connectivity index (χ0v) is 11.2. The molecule has 19 heavy (non-hydrogen) atoms. The standard InChI is InChI=1S/C16H18N2O/c1-11-10-13-6-3-4-8-15(13)18(11)16-14(12(2)19)7-5-9-17-16/h3-9,11-12,19H,10H2,1-2H3/t11?,12-/m1/s1. The minimum absolute atomic E-state index is 0.366. The van der Waals surface area contributed by atoms with E-state index in [1.807, 2.05) is 12.1 Å². The molecule has 1 aromatic carbocycles. The molecule has 0 fully saturated rings. The van der Waals surface area contributed by atoms with Crippen molar-refractivity contribution in [1.29, 1.82) is 0 Å². The summed E-state index contributed by atoms with van der Waals surface area (Å²) in [5.74, 6) is 0.870. The number of aliphatic hydroxyl groups is 1. The summed E-state index contributed by atoms with van der Waals surface area (Å²) >= 11 is 0. The molecule has 98 valence electrons. The Bertz CT molecular complexity index is 595. The van der Waals surface area contributed by atoms with Crippen molar-refractivity contribution in [3.8, 4) is 0 Å². The second-order valence-electron chi connectivity index (χ2n) is 5.14. The third-order valence-corrected chi connectivity index (χ3v) is 3.70. The van der Waals surface area contributed by atoms with Gasteiger partial charge in [0.05, 0.1) is 6.10 Å². The number of fused-ring (bicyclic) bond motifs is 1. The summed E-state index contributed by atoms with van der Waals surface area (Å²) in [5.41, 5.74) is 3.43. The highest BCUT2D eigenvalue weighted by atomic mass is 16.3. The Kier molecular flexibility index (Phi) is 2.99. The van der Waals surface area contributed by atoms with Gasteiger partial charge in [0.1, 0.15) is 5.82 Å². The number of para-hydroxylation sites is 1. The highest BCUT2D eigenvalue weighted by Crippen LogP contribution is 2.39. The van der Waals surface area contributed by atoms with Crippen LogP contribution in [0.1, 0.15) is 31.1 Å². The molecule has 3 nitrogen and oxygen atoms in total. The maximum Gasteiger partial charge on any atom is 0.139 e. The number of rotatable bonds is 2. The third-order valence-electron chi connectivity index (χ3n) is 3.70. The fraction of sp³-hybridized carbons (Fsp3) is 0.312. The molecule has 0 saturated carbocycles. The summed E-state index contributed by atoms with van der Waals surface area (Å²) in [6, 6.07) is 12.6. The zero-order valence-electron chi connectivity index (χ0n) is 11.2. The molecule has 0 spiro atoms. The van der Waals surface area contributed by atoms with Crippen molar-refractivity contribution in [3.63, 3.8) is 0 Å². The van der Waals surface area contributed by atoms with E-state index in [9.17, 15) is 5.11 Å². The summed E-state index contributed by atoms with van der Waals surface area (Å²) in [7, 11) is 0. The monoisotopic (exact) mass is 254 g/mol. The van der Waals surface area contributed by atoms with E-state index < -0.39 is 6.10 Å². The Balaban J connectivity index is 2.13. The molecule has 2 heterocycles. The maximum absolute atomic E-state index is 9.93. The first kappa shape index (κ1) is 12.2. The highest BCUT2D eigenvalue weighted by Gasteiger charge is 2.29. The van der Waals surface area contributed by atoms with Crippen LogP contribution in [0.3, 0.4) is 0 Å². The predicted octanol–water partition coefficient (Wildman–Crippen LogP) is 3.22. The molecule has 1 N–H and O–H groups in total. The van der Waals surface area contributed by atoms with E-state index in [0.29, 0.717) is 6.04 Å². The summed E-state index contributed by atoms with van der Waals surface area (Å²) in [6.07, 6.45) is 2.30.